The Morgan fingerprint density at radius 3 is 2.13 bits per heavy atom. The van der Waals surface area contributed by atoms with Crippen molar-refractivity contribution >= 4 is 34.3 Å². The van der Waals surface area contributed by atoms with Crippen molar-refractivity contribution in [2.45, 2.75) is 40.0 Å². The second kappa shape index (κ2) is 8.80. The second-order valence-electron chi connectivity index (χ2n) is 8.49. The fourth-order valence-corrected chi connectivity index (χ4v) is 3.52. The summed E-state index contributed by atoms with van der Waals surface area (Å²) in [7, 11) is 0. The Hall–Kier alpha value is -2.98. The van der Waals surface area contributed by atoms with E-state index in [-0.39, 0.29) is 11.2 Å². The molecule has 3 rings (SSSR count). The Bertz CT molecular complexity index is 1080. The van der Waals surface area contributed by atoms with Gasteiger partial charge in [0, 0.05) is 17.8 Å². The summed E-state index contributed by atoms with van der Waals surface area (Å²) in [5.41, 5.74) is 5.44. The van der Waals surface area contributed by atoms with E-state index in [0.717, 1.165) is 11.3 Å². The first-order valence-corrected chi connectivity index (χ1v) is 10.5. The molecule has 1 heterocycles. The van der Waals surface area contributed by atoms with Gasteiger partial charge in [-0.05, 0) is 53.3 Å². The van der Waals surface area contributed by atoms with Crippen molar-refractivity contribution in [1.29, 1.82) is 0 Å². The number of hydrogen-bond donors (Lipinski definition) is 1. The average molecular weight is 417 g/mol. The van der Waals surface area contributed by atoms with Gasteiger partial charge in [-0.15, -0.1) is 0 Å². The molecule has 0 saturated carbocycles. The molecule has 0 radical (unpaired) electrons. The van der Waals surface area contributed by atoms with Crippen LogP contribution in [0.3, 0.4) is 0 Å². The number of anilines is 1. The average Bonchev–Trinajstić information content (AvgIpc) is 2.72. The Labute approximate surface area is 184 Å². The van der Waals surface area contributed by atoms with Gasteiger partial charge in [-0.25, -0.2) is 0 Å². The minimum Gasteiger partial charge on any atom is -0.867 e. The highest BCUT2D eigenvalue weighted by molar-refractivity contribution is 7.81. The van der Waals surface area contributed by atoms with E-state index in [1.54, 1.807) is 4.57 Å². The molecule has 0 aliphatic carbocycles. The fraction of sp³-hybridized carbons (Fsp3) is 0.231. The summed E-state index contributed by atoms with van der Waals surface area (Å²) in [6, 6.07) is 19.5. The van der Waals surface area contributed by atoms with E-state index in [0.29, 0.717) is 16.2 Å². The molecule has 0 aliphatic heterocycles. The smallest absolute Gasteiger partial charge is 0.238 e. The molecule has 0 fully saturated rings. The zero-order valence-corrected chi connectivity index (χ0v) is 19.0. The SMILES string of the molecule is Cc1cccc(NC(=S)C(=C([O-])c2ccc(C(C)(C)C)cc2)[n+]2ccccc2)c1C. The minimum atomic E-state index is -0.116. The van der Waals surface area contributed by atoms with Crippen molar-refractivity contribution in [3.05, 3.63) is 95.3 Å². The van der Waals surface area contributed by atoms with Crippen LogP contribution in [0.2, 0.25) is 0 Å². The van der Waals surface area contributed by atoms with E-state index in [9.17, 15) is 5.11 Å². The van der Waals surface area contributed by atoms with Crippen LogP contribution in [0.1, 0.15) is 43.0 Å². The molecule has 0 spiro atoms. The maximum Gasteiger partial charge on any atom is 0.238 e. The lowest BCUT2D eigenvalue weighted by Crippen LogP contribution is -2.39. The van der Waals surface area contributed by atoms with Gasteiger partial charge < -0.3 is 10.4 Å². The number of thiocarbonyl (C=S) groups is 1. The predicted molar refractivity (Wildman–Crippen MR) is 127 cm³/mol. The molecule has 3 nitrogen and oxygen atoms in total. The molecule has 0 unspecified atom stereocenters. The monoisotopic (exact) mass is 416 g/mol. The zero-order chi connectivity index (χ0) is 21.9. The normalized spacial score (nSPS) is 12.3. The van der Waals surface area contributed by atoms with E-state index in [1.807, 2.05) is 73.9 Å². The molecule has 154 valence electrons. The van der Waals surface area contributed by atoms with Gasteiger partial charge in [-0.1, -0.05) is 75.5 Å². The third kappa shape index (κ3) is 4.77. The minimum absolute atomic E-state index is 0.0296. The van der Waals surface area contributed by atoms with Crippen molar-refractivity contribution in [1.82, 2.24) is 0 Å². The van der Waals surface area contributed by atoms with Crippen LogP contribution < -0.4 is 15.0 Å². The maximum absolute atomic E-state index is 13.5. The van der Waals surface area contributed by atoms with Gasteiger partial charge in [0.25, 0.3) is 0 Å². The molecular weight excluding hydrogens is 388 g/mol. The van der Waals surface area contributed by atoms with Crippen molar-refractivity contribution < 1.29 is 9.67 Å². The third-order valence-electron chi connectivity index (χ3n) is 5.27. The van der Waals surface area contributed by atoms with E-state index in [1.165, 1.54) is 11.1 Å². The molecule has 3 aromatic rings. The first kappa shape index (κ1) is 21.7. The Morgan fingerprint density at radius 2 is 1.53 bits per heavy atom. The van der Waals surface area contributed by atoms with Crippen LogP contribution in [-0.2, 0) is 5.41 Å². The summed E-state index contributed by atoms with van der Waals surface area (Å²) in [4.78, 5) is 0.393. The van der Waals surface area contributed by atoms with Gasteiger partial charge in [0.2, 0.25) is 5.70 Å². The Kier molecular flexibility index (Phi) is 6.37. The van der Waals surface area contributed by atoms with Crippen molar-refractivity contribution in [2.75, 3.05) is 5.32 Å². The number of benzene rings is 2. The largest absolute Gasteiger partial charge is 0.867 e. The number of pyridine rings is 1. The summed E-state index contributed by atoms with van der Waals surface area (Å²) in [5, 5.41) is 16.8. The Balaban J connectivity index is 2.06. The highest BCUT2D eigenvalue weighted by Crippen LogP contribution is 2.25. The van der Waals surface area contributed by atoms with Gasteiger partial charge in [-0.3, -0.25) is 0 Å². The summed E-state index contributed by atoms with van der Waals surface area (Å²) < 4.78 is 1.78. The molecular formula is C26H28N2OS. The van der Waals surface area contributed by atoms with Crippen LogP contribution in [0.15, 0.2) is 73.1 Å². The van der Waals surface area contributed by atoms with Crippen molar-refractivity contribution in [2.24, 2.45) is 0 Å². The topological polar surface area (TPSA) is 39.0 Å². The molecule has 0 aliphatic rings. The third-order valence-corrected chi connectivity index (χ3v) is 5.57. The molecule has 0 bridgehead atoms. The second-order valence-corrected chi connectivity index (χ2v) is 8.90. The lowest BCUT2D eigenvalue weighted by molar-refractivity contribution is -0.577. The zero-order valence-electron chi connectivity index (χ0n) is 18.2. The summed E-state index contributed by atoms with van der Waals surface area (Å²) in [5.74, 6) is -0.116. The molecule has 0 atom stereocenters. The maximum atomic E-state index is 13.5. The van der Waals surface area contributed by atoms with Crippen LogP contribution in [0.4, 0.5) is 5.69 Å². The first-order chi connectivity index (χ1) is 14.2. The standard InChI is InChI=1S/C26H28N2OS/c1-18-10-9-11-22(19(18)2)27-25(30)23(28-16-7-6-8-17-28)24(29)20-12-14-21(15-13-20)26(3,4)5/h6-17H,1-5H3,(H-,27,29,30). The highest BCUT2D eigenvalue weighted by Gasteiger charge is 2.20. The summed E-state index contributed by atoms with van der Waals surface area (Å²) in [6.07, 6.45) is 3.68. The van der Waals surface area contributed by atoms with Gasteiger partial charge in [-0.2, -0.15) is 4.57 Å². The summed E-state index contributed by atoms with van der Waals surface area (Å²) in [6.45, 7) is 10.6. The van der Waals surface area contributed by atoms with Crippen LogP contribution in [0.25, 0.3) is 11.5 Å². The lowest BCUT2D eigenvalue weighted by Gasteiger charge is -2.21. The van der Waals surface area contributed by atoms with Crippen LogP contribution in [0, 0.1) is 13.8 Å². The van der Waals surface area contributed by atoms with E-state index in [4.69, 9.17) is 12.2 Å². The van der Waals surface area contributed by atoms with Crippen LogP contribution >= 0.6 is 12.2 Å². The number of nitrogens with one attached hydrogen (secondary N) is 1. The number of hydrogen-bond acceptors (Lipinski definition) is 2. The number of nitrogens with zero attached hydrogens (tertiary/aromatic N) is 1. The van der Waals surface area contributed by atoms with Crippen molar-refractivity contribution in [3.63, 3.8) is 0 Å². The van der Waals surface area contributed by atoms with Gasteiger partial charge in [0.15, 0.2) is 17.4 Å². The van der Waals surface area contributed by atoms with E-state index < -0.39 is 0 Å². The first-order valence-electron chi connectivity index (χ1n) is 10.0. The van der Waals surface area contributed by atoms with Crippen LogP contribution in [0.5, 0.6) is 0 Å². The van der Waals surface area contributed by atoms with E-state index >= 15 is 0 Å². The molecule has 1 N–H and O–H groups in total. The van der Waals surface area contributed by atoms with Crippen LogP contribution in [-0.4, -0.2) is 4.99 Å². The summed E-state index contributed by atoms with van der Waals surface area (Å²) >= 11 is 5.71. The predicted octanol–water partition coefficient (Wildman–Crippen LogP) is 5.01. The van der Waals surface area contributed by atoms with Crippen molar-refractivity contribution in [3.8, 4) is 0 Å². The molecule has 30 heavy (non-hydrogen) atoms. The molecule has 0 saturated heterocycles. The molecule has 2 aromatic carbocycles. The molecule has 1 aromatic heterocycles. The fourth-order valence-electron chi connectivity index (χ4n) is 3.21. The lowest BCUT2D eigenvalue weighted by atomic mass is 9.86. The number of aryl methyl sites for hydroxylation is 1. The van der Waals surface area contributed by atoms with Gasteiger partial charge in [0.1, 0.15) is 0 Å². The number of aromatic nitrogens is 1. The van der Waals surface area contributed by atoms with E-state index in [2.05, 4.69) is 39.1 Å². The quantitative estimate of drug-likeness (QED) is 0.281. The number of rotatable bonds is 4. The molecule has 4 heteroatoms. The highest BCUT2D eigenvalue weighted by atomic mass is 32.1. The Morgan fingerprint density at radius 1 is 0.900 bits per heavy atom. The van der Waals surface area contributed by atoms with Gasteiger partial charge >= 0.3 is 0 Å². The molecule has 0 amide bonds. The van der Waals surface area contributed by atoms with Gasteiger partial charge in [0.05, 0.1) is 0 Å².